The fraction of sp³-hybridized carbons (Fsp3) is 0.474. The lowest BCUT2D eigenvalue weighted by Gasteiger charge is -2.22. The zero-order valence-corrected chi connectivity index (χ0v) is 15.7. The molecule has 0 saturated carbocycles. The van der Waals surface area contributed by atoms with Crippen LogP contribution in [-0.2, 0) is 0 Å². The normalized spacial score (nSPS) is 18.2. The van der Waals surface area contributed by atoms with E-state index >= 15 is 0 Å². The van der Waals surface area contributed by atoms with Crippen LogP contribution >= 0.6 is 12.4 Å². The highest BCUT2D eigenvalue weighted by molar-refractivity contribution is 5.92. The summed E-state index contributed by atoms with van der Waals surface area (Å²) in [5, 5.41) is 10.8. The maximum Gasteiger partial charge on any atom is 0.271 e. The van der Waals surface area contributed by atoms with E-state index in [2.05, 4.69) is 53.8 Å². The monoisotopic (exact) mass is 362 g/mol. The largest absolute Gasteiger partial charge is 0.350 e. The van der Waals surface area contributed by atoms with Crippen LogP contribution < -0.4 is 10.6 Å². The second kappa shape index (κ2) is 9.02. The molecule has 5 nitrogen and oxygen atoms in total. The Balaban J connectivity index is 0.00000225. The Labute approximate surface area is 155 Å². The van der Waals surface area contributed by atoms with Crippen molar-refractivity contribution in [3.8, 4) is 0 Å². The Kier molecular flexibility index (Phi) is 7.02. The summed E-state index contributed by atoms with van der Waals surface area (Å²) in [5.41, 5.74) is 2.98. The summed E-state index contributed by atoms with van der Waals surface area (Å²) in [7, 11) is 0. The molecule has 1 aliphatic rings. The van der Waals surface area contributed by atoms with Crippen molar-refractivity contribution in [2.75, 3.05) is 19.6 Å². The molecule has 2 atom stereocenters. The number of amides is 1. The molecule has 1 fully saturated rings. The lowest BCUT2D eigenvalue weighted by atomic mass is 10.00. The third-order valence-electron chi connectivity index (χ3n) is 4.70. The Hall–Kier alpha value is -1.85. The van der Waals surface area contributed by atoms with Crippen LogP contribution in [0.1, 0.15) is 53.3 Å². The summed E-state index contributed by atoms with van der Waals surface area (Å²) in [5.74, 6) is 0.177. The number of benzene rings is 1. The van der Waals surface area contributed by atoms with Crippen LogP contribution in [0.2, 0.25) is 0 Å². The number of rotatable bonds is 5. The molecule has 1 amide bonds. The summed E-state index contributed by atoms with van der Waals surface area (Å²) in [6, 6.07) is 10.6. The Morgan fingerprint density at radius 2 is 2.12 bits per heavy atom. The lowest BCUT2D eigenvalue weighted by molar-refractivity contribution is 0.0945. The van der Waals surface area contributed by atoms with Gasteiger partial charge in [0.15, 0.2) is 0 Å². The number of aromatic nitrogens is 2. The van der Waals surface area contributed by atoms with E-state index < -0.39 is 0 Å². The van der Waals surface area contributed by atoms with E-state index in [1.165, 1.54) is 11.1 Å². The molecule has 25 heavy (non-hydrogen) atoms. The van der Waals surface area contributed by atoms with Gasteiger partial charge in [0.2, 0.25) is 0 Å². The van der Waals surface area contributed by atoms with Gasteiger partial charge in [-0.2, -0.15) is 5.10 Å². The summed E-state index contributed by atoms with van der Waals surface area (Å²) in [4.78, 5) is 12.3. The number of halogens is 1. The van der Waals surface area contributed by atoms with E-state index in [1.54, 1.807) is 6.07 Å². The molecule has 2 aromatic rings. The molecule has 0 aliphatic carbocycles. The van der Waals surface area contributed by atoms with Gasteiger partial charge in [0.1, 0.15) is 5.69 Å². The molecule has 6 heteroatoms. The first-order valence-electron chi connectivity index (χ1n) is 8.74. The number of piperidine rings is 1. The van der Waals surface area contributed by atoms with Gasteiger partial charge in [0.05, 0.1) is 6.04 Å². The molecule has 0 spiro atoms. The SMILES string of the molecule is Cc1ccc(C(C)CNC(=O)c2ccn(C3CCCNC3)n2)cc1.Cl. The first kappa shape index (κ1) is 19.5. The van der Waals surface area contributed by atoms with Gasteiger partial charge in [-0.25, -0.2) is 0 Å². The van der Waals surface area contributed by atoms with Crippen molar-refractivity contribution in [1.29, 1.82) is 0 Å². The van der Waals surface area contributed by atoms with Crippen LogP contribution in [0.15, 0.2) is 36.5 Å². The molecule has 1 saturated heterocycles. The summed E-state index contributed by atoms with van der Waals surface area (Å²) in [6.45, 7) is 6.81. The topological polar surface area (TPSA) is 59.0 Å². The summed E-state index contributed by atoms with van der Waals surface area (Å²) < 4.78 is 1.92. The molecule has 1 aromatic carbocycles. The van der Waals surface area contributed by atoms with Gasteiger partial charge in [0, 0.05) is 19.3 Å². The van der Waals surface area contributed by atoms with Gasteiger partial charge in [-0.1, -0.05) is 36.8 Å². The quantitative estimate of drug-likeness (QED) is 0.859. The van der Waals surface area contributed by atoms with Gasteiger partial charge >= 0.3 is 0 Å². The predicted octanol–water partition coefficient (Wildman–Crippen LogP) is 3.07. The van der Waals surface area contributed by atoms with E-state index in [4.69, 9.17) is 0 Å². The van der Waals surface area contributed by atoms with Crippen LogP contribution in [0.3, 0.4) is 0 Å². The molecule has 2 unspecified atom stereocenters. The van der Waals surface area contributed by atoms with Crippen molar-refractivity contribution in [3.05, 3.63) is 53.3 Å². The average molecular weight is 363 g/mol. The van der Waals surface area contributed by atoms with Gasteiger partial charge < -0.3 is 10.6 Å². The number of aryl methyl sites for hydroxylation is 1. The van der Waals surface area contributed by atoms with Crippen molar-refractivity contribution < 1.29 is 4.79 Å². The summed E-state index contributed by atoms with van der Waals surface area (Å²) >= 11 is 0. The van der Waals surface area contributed by atoms with Crippen LogP contribution in [0.25, 0.3) is 0 Å². The second-order valence-corrected chi connectivity index (χ2v) is 6.70. The van der Waals surface area contributed by atoms with Crippen molar-refractivity contribution in [2.45, 2.75) is 38.6 Å². The highest BCUT2D eigenvalue weighted by atomic mass is 35.5. The number of carbonyl (C=O) groups is 1. The maximum atomic E-state index is 12.3. The second-order valence-electron chi connectivity index (χ2n) is 6.70. The first-order valence-corrected chi connectivity index (χ1v) is 8.74. The Bertz CT molecular complexity index is 677. The standard InChI is InChI=1S/C19H26N4O.ClH/c1-14-5-7-16(8-6-14)15(2)12-21-19(24)18-9-11-23(22-18)17-4-3-10-20-13-17;/h5-9,11,15,17,20H,3-4,10,12-13H2,1-2H3,(H,21,24);1H. The van der Waals surface area contributed by atoms with E-state index in [1.807, 2.05) is 10.9 Å². The van der Waals surface area contributed by atoms with Gasteiger partial charge in [-0.15, -0.1) is 12.4 Å². The number of hydrogen-bond acceptors (Lipinski definition) is 3. The molecule has 2 heterocycles. The molecular weight excluding hydrogens is 336 g/mol. The minimum Gasteiger partial charge on any atom is -0.350 e. The van der Waals surface area contributed by atoms with Gasteiger partial charge in [-0.3, -0.25) is 9.48 Å². The third kappa shape index (κ3) is 5.06. The molecule has 2 N–H and O–H groups in total. The Morgan fingerprint density at radius 1 is 1.36 bits per heavy atom. The van der Waals surface area contributed by atoms with Crippen molar-refractivity contribution >= 4 is 18.3 Å². The van der Waals surface area contributed by atoms with Crippen LogP contribution in [-0.4, -0.2) is 35.3 Å². The summed E-state index contributed by atoms with van der Waals surface area (Å²) in [6.07, 6.45) is 4.18. The van der Waals surface area contributed by atoms with Crippen molar-refractivity contribution in [3.63, 3.8) is 0 Å². The molecule has 0 bridgehead atoms. The van der Waals surface area contributed by atoms with Crippen LogP contribution in [0, 0.1) is 6.92 Å². The molecule has 3 rings (SSSR count). The predicted molar refractivity (Wildman–Crippen MR) is 103 cm³/mol. The minimum atomic E-state index is -0.100. The Morgan fingerprint density at radius 3 is 2.80 bits per heavy atom. The van der Waals surface area contributed by atoms with Gasteiger partial charge in [0.25, 0.3) is 5.91 Å². The first-order chi connectivity index (χ1) is 11.6. The van der Waals surface area contributed by atoms with E-state index in [0.717, 1.165) is 25.9 Å². The minimum absolute atomic E-state index is 0. The fourth-order valence-electron chi connectivity index (χ4n) is 3.07. The number of nitrogens with one attached hydrogen (secondary N) is 2. The molecular formula is C19H27ClN4O. The smallest absolute Gasteiger partial charge is 0.271 e. The fourth-order valence-corrected chi connectivity index (χ4v) is 3.07. The van der Waals surface area contributed by atoms with E-state index in [0.29, 0.717) is 18.3 Å². The molecule has 1 aliphatic heterocycles. The average Bonchev–Trinajstić information content (AvgIpc) is 3.11. The van der Waals surface area contributed by atoms with Gasteiger partial charge in [-0.05, 0) is 43.9 Å². The zero-order chi connectivity index (χ0) is 16.9. The third-order valence-corrected chi connectivity index (χ3v) is 4.70. The molecule has 1 aromatic heterocycles. The number of hydrogen-bond donors (Lipinski definition) is 2. The number of nitrogens with zero attached hydrogens (tertiary/aromatic N) is 2. The highest BCUT2D eigenvalue weighted by Crippen LogP contribution is 2.17. The van der Waals surface area contributed by atoms with Crippen molar-refractivity contribution in [2.24, 2.45) is 0 Å². The highest BCUT2D eigenvalue weighted by Gasteiger charge is 2.18. The van der Waals surface area contributed by atoms with Crippen LogP contribution in [0.4, 0.5) is 0 Å². The molecule has 136 valence electrons. The number of carbonyl (C=O) groups excluding carboxylic acids is 1. The lowest BCUT2D eigenvalue weighted by Crippen LogP contribution is -2.32. The van der Waals surface area contributed by atoms with E-state index in [9.17, 15) is 4.79 Å². The van der Waals surface area contributed by atoms with Crippen LogP contribution in [0.5, 0.6) is 0 Å². The zero-order valence-electron chi connectivity index (χ0n) is 14.9. The van der Waals surface area contributed by atoms with E-state index in [-0.39, 0.29) is 24.2 Å². The van der Waals surface area contributed by atoms with Crippen molar-refractivity contribution in [1.82, 2.24) is 20.4 Å². The maximum absolute atomic E-state index is 12.3. The molecule has 0 radical (unpaired) electrons.